The molecule has 0 fully saturated rings. The van der Waals surface area contributed by atoms with Crippen molar-refractivity contribution < 1.29 is 8.78 Å². The van der Waals surface area contributed by atoms with Crippen LogP contribution in [0.3, 0.4) is 0 Å². The third-order valence-electron chi connectivity index (χ3n) is 3.39. The van der Waals surface area contributed by atoms with Gasteiger partial charge in [-0.25, -0.2) is 13.8 Å². The van der Waals surface area contributed by atoms with Gasteiger partial charge in [0.25, 0.3) is 5.56 Å². The summed E-state index contributed by atoms with van der Waals surface area (Å²) in [7, 11) is 0. The van der Waals surface area contributed by atoms with Gasteiger partial charge in [0.15, 0.2) is 11.6 Å². The minimum atomic E-state index is -0.976. The molecule has 0 aliphatic carbocycles. The van der Waals surface area contributed by atoms with Crippen molar-refractivity contribution in [1.29, 1.82) is 0 Å². The number of aromatic amines is 1. The smallest absolute Gasteiger partial charge is 0.254 e. The lowest BCUT2D eigenvalue weighted by Gasteiger charge is -2.19. The SMILES string of the molecule is Cc1ccc(-c2nc(C(C)(C)C)[nH]c(=O)c2C)c(F)c1F. The van der Waals surface area contributed by atoms with Crippen molar-refractivity contribution in [2.75, 3.05) is 0 Å². The maximum Gasteiger partial charge on any atom is 0.254 e. The summed E-state index contributed by atoms with van der Waals surface area (Å²) in [5.74, 6) is -1.45. The van der Waals surface area contributed by atoms with Gasteiger partial charge >= 0.3 is 0 Å². The molecule has 5 heteroatoms. The summed E-state index contributed by atoms with van der Waals surface area (Å²) >= 11 is 0. The summed E-state index contributed by atoms with van der Waals surface area (Å²) in [5.41, 5.74) is -0.0704. The minimum Gasteiger partial charge on any atom is -0.310 e. The summed E-state index contributed by atoms with van der Waals surface area (Å²) < 4.78 is 27.9. The molecule has 2 aromatic rings. The number of nitrogens with zero attached hydrogens (tertiary/aromatic N) is 1. The van der Waals surface area contributed by atoms with Gasteiger partial charge in [-0.1, -0.05) is 26.8 Å². The fraction of sp³-hybridized carbons (Fsp3) is 0.375. The first-order valence-corrected chi connectivity index (χ1v) is 6.69. The summed E-state index contributed by atoms with van der Waals surface area (Å²) in [6.45, 7) is 8.69. The van der Waals surface area contributed by atoms with E-state index in [1.807, 2.05) is 20.8 Å². The van der Waals surface area contributed by atoms with Gasteiger partial charge in [0, 0.05) is 16.5 Å². The number of rotatable bonds is 1. The molecule has 0 aliphatic heterocycles. The second-order valence-electron chi connectivity index (χ2n) is 6.20. The zero-order chi connectivity index (χ0) is 15.9. The molecule has 1 heterocycles. The van der Waals surface area contributed by atoms with E-state index in [-0.39, 0.29) is 27.9 Å². The van der Waals surface area contributed by atoms with E-state index >= 15 is 0 Å². The second-order valence-corrected chi connectivity index (χ2v) is 6.20. The molecule has 3 nitrogen and oxygen atoms in total. The molecule has 21 heavy (non-hydrogen) atoms. The van der Waals surface area contributed by atoms with Crippen molar-refractivity contribution in [3.63, 3.8) is 0 Å². The molecular weight excluding hydrogens is 274 g/mol. The Balaban J connectivity index is 2.78. The zero-order valence-corrected chi connectivity index (χ0v) is 12.8. The lowest BCUT2D eigenvalue weighted by atomic mass is 9.95. The molecule has 0 saturated heterocycles. The maximum atomic E-state index is 14.2. The fourth-order valence-corrected chi connectivity index (χ4v) is 1.98. The van der Waals surface area contributed by atoms with Crippen molar-refractivity contribution in [2.45, 2.75) is 40.0 Å². The van der Waals surface area contributed by atoms with Gasteiger partial charge < -0.3 is 4.98 Å². The Hall–Kier alpha value is -2.04. The standard InChI is InChI=1S/C16H18F2N2O/c1-8-6-7-10(12(18)11(8)17)13-9(2)14(21)20-15(19-13)16(3,4)5/h6-7H,1-5H3,(H,19,20,21). The van der Waals surface area contributed by atoms with Crippen LogP contribution in [0.15, 0.2) is 16.9 Å². The lowest BCUT2D eigenvalue weighted by Crippen LogP contribution is -2.24. The largest absolute Gasteiger partial charge is 0.310 e. The number of hydrogen-bond acceptors (Lipinski definition) is 2. The van der Waals surface area contributed by atoms with E-state index in [0.29, 0.717) is 5.82 Å². The molecule has 1 N–H and O–H groups in total. The molecule has 0 unspecified atom stereocenters. The fourth-order valence-electron chi connectivity index (χ4n) is 1.98. The number of benzene rings is 1. The van der Waals surface area contributed by atoms with Crippen LogP contribution in [-0.2, 0) is 5.41 Å². The van der Waals surface area contributed by atoms with Crippen LogP contribution >= 0.6 is 0 Å². The molecule has 0 bridgehead atoms. The first-order valence-electron chi connectivity index (χ1n) is 6.69. The molecule has 0 radical (unpaired) electrons. The van der Waals surface area contributed by atoms with E-state index in [9.17, 15) is 13.6 Å². The van der Waals surface area contributed by atoms with E-state index in [0.717, 1.165) is 0 Å². The van der Waals surface area contributed by atoms with Gasteiger partial charge in [-0.2, -0.15) is 0 Å². The van der Waals surface area contributed by atoms with E-state index in [1.54, 1.807) is 6.92 Å². The van der Waals surface area contributed by atoms with Crippen molar-refractivity contribution in [2.24, 2.45) is 0 Å². The van der Waals surface area contributed by atoms with E-state index < -0.39 is 17.0 Å². The van der Waals surface area contributed by atoms with Crippen LogP contribution in [0.2, 0.25) is 0 Å². The Morgan fingerprint density at radius 2 is 1.71 bits per heavy atom. The summed E-state index contributed by atoms with van der Waals surface area (Å²) in [4.78, 5) is 19.1. The van der Waals surface area contributed by atoms with E-state index in [4.69, 9.17) is 0 Å². The number of halogens is 2. The molecule has 2 rings (SSSR count). The molecule has 0 amide bonds. The summed E-state index contributed by atoms with van der Waals surface area (Å²) in [5, 5.41) is 0. The first-order chi connectivity index (χ1) is 9.62. The molecule has 1 aromatic carbocycles. The summed E-state index contributed by atoms with van der Waals surface area (Å²) in [6.07, 6.45) is 0. The molecule has 0 atom stereocenters. The number of aryl methyl sites for hydroxylation is 1. The summed E-state index contributed by atoms with van der Waals surface area (Å²) in [6, 6.07) is 2.93. The van der Waals surface area contributed by atoms with Gasteiger partial charge in [0.2, 0.25) is 0 Å². The van der Waals surface area contributed by atoms with Crippen molar-refractivity contribution in [3.8, 4) is 11.3 Å². The van der Waals surface area contributed by atoms with Crippen LogP contribution in [0, 0.1) is 25.5 Å². The Morgan fingerprint density at radius 3 is 2.29 bits per heavy atom. The number of aromatic nitrogens is 2. The highest BCUT2D eigenvalue weighted by molar-refractivity contribution is 5.64. The van der Waals surface area contributed by atoms with Crippen LogP contribution in [0.5, 0.6) is 0 Å². The monoisotopic (exact) mass is 292 g/mol. The third-order valence-corrected chi connectivity index (χ3v) is 3.39. The molecule has 0 aliphatic rings. The maximum absolute atomic E-state index is 14.2. The quantitative estimate of drug-likeness (QED) is 0.872. The van der Waals surface area contributed by atoms with Crippen LogP contribution in [0.25, 0.3) is 11.3 Å². The predicted octanol–water partition coefficient (Wildman–Crippen LogP) is 3.63. The molecule has 0 saturated carbocycles. The van der Waals surface area contributed by atoms with E-state index in [2.05, 4.69) is 9.97 Å². The third kappa shape index (κ3) is 2.73. The Morgan fingerprint density at radius 1 is 1.10 bits per heavy atom. The average Bonchev–Trinajstić information content (AvgIpc) is 2.39. The van der Waals surface area contributed by atoms with Gasteiger partial charge in [0.05, 0.1) is 5.69 Å². The zero-order valence-electron chi connectivity index (χ0n) is 12.8. The topological polar surface area (TPSA) is 45.8 Å². The van der Waals surface area contributed by atoms with Crippen molar-refractivity contribution in [1.82, 2.24) is 9.97 Å². The predicted molar refractivity (Wildman–Crippen MR) is 78.4 cm³/mol. The van der Waals surface area contributed by atoms with Gasteiger partial charge in [-0.15, -0.1) is 0 Å². The van der Waals surface area contributed by atoms with E-state index in [1.165, 1.54) is 19.1 Å². The number of nitrogens with one attached hydrogen (secondary N) is 1. The number of hydrogen-bond donors (Lipinski definition) is 1. The van der Waals surface area contributed by atoms with Crippen LogP contribution in [-0.4, -0.2) is 9.97 Å². The highest BCUT2D eigenvalue weighted by Gasteiger charge is 2.22. The first kappa shape index (κ1) is 15.4. The Bertz CT molecular complexity index is 758. The minimum absolute atomic E-state index is 0.00667. The molecule has 112 valence electrons. The van der Waals surface area contributed by atoms with Gasteiger partial charge in [-0.3, -0.25) is 4.79 Å². The van der Waals surface area contributed by atoms with Crippen LogP contribution in [0.1, 0.15) is 37.7 Å². The number of H-pyrrole nitrogens is 1. The van der Waals surface area contributed by atoms with Crippen molar-refractivity contribution >= 4 is 0 Å². The molecule has 0 spiro atoms. The second kappa shape index (κ2) is 5.06. The Labute approximate surface area is 122 Å². The normalized spacial score (nSPS) is 11.8. The highest BCUT2D eigenvalue weighted by Crippen LogP contribution is 2.27. The Kier molecular flexibility index (Phi) is 3.70. The van der Waals surface area contributed by atoms with Crippen LogP contribution in [0.4, 0.5) is 8.78 Å². The van der Waals surface area contributed by atoms with Crippen molar-refractivity contribution in [3.05, 3.63) is 51.1 Å². The highest BCUT2D eigenvalue weighted by atomic mass is 19.2. The lowest BCUT2D eigenvalue weighted by molar-refractivity contribution is 0.504. The van der Waals surface area contributed by atoms with Crippen LogP contribution < -0.4 is 5.56 Å². The molecule has 1 aromatic heterocycles. The average molecular weight is 292 g/mol. The molecular formula is C16H18F2N2O. The van der Waals surface area contributed by atoms with Gasteiger partial charge in [0.1, 0.15) is 5.82 Å². The van der Waals surface area contributed by atoms with Gasteiger partial charge in [-0.05, 0) is 25.5 Å².